The van der Waals surface area contributed by atoms with E-state index in [1.165, 1.54) is 6.42 Å². The molecule has 0 radical (unpaired) electrons. The molecule has 1 aliphatic carbocycles. The lowest BCUT2D eigenvalue weighted by Crippen LogP contribution is -2.15. The van der Waals surface area contributed by atoms with Crippen molar-refractivity contribution in [1.29, 1.82) is 0 Å². The largest absolute Gasteiger partial charge is 0.361 e. The van der Waals surface area contributed by atoms with Crippen molar-refractivity contribution in [2.75, 3.05) is 5.32 Å². The van der Waals surface area contributed by atoms with Gasteiger partial charge in [-0.3, -0.25) is 9.48 Å². The summed E-state index contributed by atoms with van der Waals surface area (Å²) in [5.74, 6) is 0.780. The Hall–Kier alpha value is -2.37. The van der Waals surface area contributed by atoms with E-state index in [2.05, 4.69) is 15.6 Å². The third-order valence-electron chi connectivity index (χ3n) is 3.98. The molecule has 0 aromatic carbocycles. The molecule has 0 spiro atoms. The number of anilines is 1. The Morgan fingerprint density at radius 1 is 1.41 bits per heavy atom. The summed E-state index contributed by atoms with van der Waals surface area (Å²) in [7, 11) is 0. The molecule has 6 nitrogen and oxygen atoms in total. The average Bonchev–Trinajstić information content (AvgIpc) is 3.10. The van der Waals surface area contributed by atoms with Gasteiger partial charge in [0.05, 0.1) is 24.1 Å². The maximum atomic E-state index is 12.2. The number of carbonyl (C=O) groups excluding carboxylic acids is 1. The van der Waals surface area contributed by atoms with Crippen LogP contribution >= 0.6 is 0 Å². The highest BCUT2D eigenvalue weighted by Gasteiger charge is 2.14. The molecule has 0 aliphatic heterocycles. The zero-order valence-corrected chi connectivity index (χ0v) is 12.9. The van der Waals surface area contributed by atoms with Crippen LogP contribution in [0.15, 0.2) is 28.6 Å². The normalized spacial score (nSPS) is 14.7. The summed E-state index contributed by atoms with van der Waals surface area (Å²) in [5, 5.41) is 11.1. The van der Waals surface area contributed by atoms with Gasteiger partial charge in [-0.1, -0.05) is 11.2 Å². The van der Waals surface area contributed by atoms with Crippen molar-refractivity contribution in [3.63, 3.8) is 0 Å². The van der Waals surface area contributed by atoms with Gasteiger partial charge in [0.25, 0.3) is 5.91 Å². The second kappa shape index (κ2) is 6.17. The molecule has 2 aromatic heterocycles. The molecule has 0 bridgehead atoms. The van der Waals surface area contributed by atoms with Gasteiger partial charge in [0.2, 0.25) is 0 Å². The van der Waals surface area contributed by atoms with E-state index in [0.717, 1.165) is 41.9 Å². The van der Waals surface area contributed by atoms with E-state index in [4.69, 9.17) is 4.52 Å². The maximum absolute atomic E-state index is 12.2. The number of nitrogens with one attached hydrogen (secondary N) is 1. The summed E-state index contributed by atoms with van der Waals surface area (Å²) in [6, 6.07) is 0. The van der Waals surface area contributed by atoms with Crippen molar-refractivity contribution in [3.05, 3.63) is 41.1 Å². The molecule has 2 aromatic rings. The minimum atomic E-state index is -0.0170. The van der Waals surface area contributed by atoms with E-state index in [1.807, 2.05) is 26.1 Å². The van der Waals surface area contributed by atoms with Crippen molar-refractivity contribution >= 4 is 11.6 Å². The number of aryl methyl sites for hydroxylation is 2. The molecule has 22 heavy (non-hydrogen) atoms. The van der Waals surface area contributed by atoms with Crippen LogP contribution in [0.4, 0.5) is 5.69 Å². The van der Waals surface area contributed by atoms with Gasteiger partial charge in [0.1, 0.15) is 5.76 Å². The van der Waals surface area contributed by atoms with Crippen LogP contribution in [0.5, 0.6) is 0 Å². The van der Waals surface area contributed by atoms with E-state index in [1.54, 1.807) is 10.9 Å². The van der Waals surface area contributed by atoms with Gasteiger partial charge < -0.3 is 9.84 Å². The summed E-state index contributed by atoms with van der Waals surface area (Å²) in [6.07, 6.45) is 9.64. The lowest BCUT2D eigenvalue weighted by atomic mass is 9.99. The SMILES string of the molecule is Cc1noc(C)c1Cn1cc(NC(=O)C2=CCCCC2)cn1. The number of carbonyl (C=O) groups is 1. The highest BCUT2D eigenvalue weighted by molar-refractivity contribution is 6.03. The first-order chi connectivity index (χ1) is 10.6. The van der Waals surface area contributed by atoms with Gasteiger partial charge in [0.15, 0.2) is 0 Å². The first-order valence-electron chi connectivity index (χ1n) is 7.58. The van der Waals surface area contributed by atoms with Crippen molar-refractivity contribution in [3.8, 4) is 0 Å². The molecule has 2 heterocycles. The van der Waals surface area contributed by atoms with Gasteiger partial charge in [-0.2, -0.15) is 5.10 Å². The first-order valence-corrected chi connectivity index (χ1v) is 7.58. The fourth-order valence-corrected chi connectivity index (χ4v) is 2.66. The number of amides is 1. The number of hydrogen-bond donors (Lipinski definition) is 1. The summed E-state index contributed by atoms with van der Waals surface area (Å²) in [4.78, 5) is 12.2. The predicted molar refractivity (Wildman–Crippen MR) is 82.5 cm³/mol. The summed E-state index contributed by atoms with van der Waals surface area (Å²) in [5.41, 5.74) is 3.48. The monoisotopic (exact) mass is 300 g/mol. The second-order valence-electron chi connectivity index (χ2n) is 5.66. The number of hydrogen-bond acceptors (Lipinski definition) is 4. The van der Waals surface area contributed by atoms with Crippen LogP contribution in [0.3, 0.4) is 0 Å². The van der Waals surface area contributed by atoms with E-state index >= 15 is 0 Å². The molecule has 1 N–H and O–H groups in total. The van der Waals surface area contributed by atoms with E-state index in [9.17, 15) is 4.79 Å². The van der Waals surface area contributed by atoms with Crippen LogP contribution in [0.25, 0.3) is 0 Å². The fraction of sp³-hybridized carbons (Fsp3) is 0.438. The average molecular weight is 300 g/mol. The minimum absolute atomic E-state index is 0.0170. The molecule has 0 unspecified atom stereocenters. The summed E-state index contributed by atoms with van der Waals surface area (Å²) < 4.78 is 6.93. The predicted octanol–water partition coefficient (Wildman–Crippen LogP) is 2.98. The number of allylic oxidation sites excluding steroid dienone is 1. The fourth-order valence-electron chi connectivity index (χ4n) is 2.66. The Balaban J connectivity index is 1.66. The molecular formula is C16H20N4O2. The van der Waals surface area contributed by atoms with Gasteiger partial charge in [0, 0.05) is 17.3 Å². The topological polar surface area (TPSA) is 73.0 Å². The highest BCUT2D eigenvalue weighted by Crippen LogP contribution is 2.19. The van der Waals surface area contributed by atoms with E-state index in [0.29, 0.717) is 12.2 Å². The van der Waals surface area contributed by atoms with Crippen molar-refractivity contribution in [1.82, 2.24) is 14.9 Å². The third kappa shape index (κ3) is 3.10. The molecule has 0 atom stereocenters. The zero-order chi connectivity index (χ0) is 15.5. The molecule has 6 heteroatoms. The van der Waals surface area contributed by atoms with E-state index < -0.39 is 0 Å². The standard InChI is InChI=1S/C16H20N4O2/c1-11-15(12(2)22-19-11)10-20-9-14(8-17-20)18-16(21)13-6-4-3-5-7-13/h6,8-9H,3-5,7,10H2,1-2H3,(H,18,21). The van der Waals surface area contributed by atoms with Gasteiger partial charge in [-0.05, 0) is 39.5 Å². The van der Waals surface area contributed by atoms with Gasteiger partial charge in [-0.25, -0.2) is 0 Å². The van der Waals surface area contributed by atoms with Gasteiger partial charge in [-0.15, -0.1) is 0 Å². The molecule has 116 valence electrons. The number of aromatic nitrogens is 3. The van der Waals surface area contributed by atoms with Crippen LogP contribution in [-0.4, -0.2) is 20.8 Å². The van der Waals surface area contributed by atoms with E-state index in [-0.39, 0.29) is 5.91 Å². The molecular weight excluding hydrogens is 280 g/mol. The quantitative estimate of drug-likeness (QED) is 0.942. The highest BCUT2D eigenvalue weighted by atomic mass is 16.5. The Morgan fingerprint density at radius 2 is 2.27 bits per heavy atom. The first kappa shape index (κ1) is 14.6. The minimum Gasteiger partial charge on any atom is -0.361 e. The van der Waals surface area contributed by atoms with Crippen LogP contribution in [-0.2, 0) is 11.3 Å². The lowest BCUT2D eigenvalue weighted by Gasteiger charge is -2.11. The molecule has 0 saturated heterocycles. The number of rotatable bonds is 4. The molecule has 3 rings (SSSR count). The Morgan fingerprint density at radius 3 is 2.95 bits per heavy atom. The molecule has 1 aliphatic rings. The maximum Gasteiger partial charge on any atom is 0.251 e. The summed E-state index contributed by atoms with van der Waals surface area (Å²) >= 11 is 0. The Labute approximate surface area is 129 Å². The van der Waals surface area contributed by atoms with Crippen LogP contribution in [0.1, 0.15) is 42.7 Å². The second-order valence-corrected chi connectivity index (χ2v) is 5.66. The van der Waals surface area contributed by atoms with Crippen LogP contribution in [0, 0.1) is 13.8 Å². The Kier molecular flexibility index (Phi) is 4.09. The van der Waals surface area contributed by atoms with Crippen LogP contribution < -0.4 is 5.32 Å². The Bertz CT molecular complexity index is 692. The molecule has 0 fully saturated rings. The van der Waals surface area contributed by atoms with Gasteiger partial charge >= 0.3 is 0 Å². The van der Waals surface area contributed by atoms with Crippen molar-refractivity contribution in [2.24, 2.45) is 0 Å². The van der Waals surface area contributed by atoms with Crippen molar-refractivity contribution in [2.45, 2.75) is 46.1 Å². The zero-order valence-electron chi connectivity index (χ0n) is 12.9. The molecule has 0 saturated carbocycles. The number of nitrogens with zero attached hydrogens (tertiary/aromatic N) is 3. The van der Waals surface area contributed by atoms with Crippen molar-refractivity contribution < 1.29 is 9.32 Å². The smallest absolute Gasteiger partial charge is 0.251 e. The molecule has 1 amide bonds. The lowest BCUT2D eigenvalue weighted by molar-refractivity contribution is -0.113. The summed E-state index contributed by atoms with van der Waals surface area (Å²) in [6.45, 7) is 4.38. The van der Waals surface area contributed by atoms with Crippen LogP contribution in [0.2, 0.25) is 0 Å². The third-order valence-corrected chi connectivity index (χ3v) is 3.98.